The van der Waals surface area contributed by atoms with Crippen molar-refractivity contribution < 1.29 is 14.6 Å². The second kappa shape index (κ2) is 6.08. The first-order valence-corrected chi connectivity index (χ1v) is 5.64. The van der Waals surface area contributed by atoms with E-state index in [0.717, 1.165) is 25.8 Å². The third kappa shape index (κ3) is 3.47. The van der Waals surface area contributed by atoms with Crippen molar-refractivity contribution in [1.29, 1.82) is 0 Å². The fourth-order valence-electron chi connectivity index (χ4n) is 2.21. The molecule has 1 heterocycles. The number of nitrogens with zero attached hydrogens (tertiary/aromatic N) is 1. The number of carbonyl (C=O) groups is 1. The van der Waals surface area contributed by atoms with E-state index in [-0.39, 0.29) is 5.92 Å². The van der Waals surface area contributed by atoms with Gasteiger partial charge in [-0.2, -0.15) is 0 Å². The van der Waals surface area contributed by atoms with Crippen LogP contribution in [0.5, 0.6) is 0 Å². The third-order valence-corrected chi connectivity index (χ3v) is 3.15. The van der Waals surface area contributed by atoms with Crippen LogP contribution in [-0.4, -0.2) is 48.8 Å². The van der Waals surface area contributed by atoms with Crippen molar-refractivity contribution in [3.8, 4) is 0 Å². The summed E-state index contributed by atoms with van der Waals surface area (Å²) in [5.74, 6) is -0.850. The Bertz CT molecular complexity index is 208. The van der Waals surface area contributed by atoms with Crippen LogP contribution in [0, 0.1) is 5.92 Å². The van der Waals surface area contributed by atoms with Crippen molar-refractivity contribution in [2.75, 3.05) is 26.8 Å². The van der Waals surface area contributed by atoms with Crippen LogP contribution in [0.2, 0.25) is 0 Å². The molecule has 1 N–H and O–H groups in total. The summed E-state index contributed by atoms with van der Waals surface area (Å²) < 4.78 is 5.15. The highest BCUT2D eigenvalue weighted by Gasteiger charge is 2.28. The maximum atomic E-state index is 10.9. The Hall–Kier alpha value is -0.610. The molecule has 88 valence electrons. The van der Waals surface area contributed by atoms with Crippen molar-refractivity contribution >= 4 is 5.97 Å². The van der Waals surface area contributed by atoms with E-state index in [0.29, 0.717) is 19.2 Å². The first-order chi connectivity index (χ1) is 7.19. The molecule has 1 aliphatic heterocycles. The molecule has 0 spiro atoms. The standard InChI is InChI=1S/C11H21NO3/c1-3-10(8-15-2)12-6-4-5-9(7-12)11(13)14/h9-10H,3-8H2,1-2H3,(H,13,14). The fourth-order valence-corrected chi connectivity index (χ4v) is 2.21. The molecule has 0 amide bonds. The Kier molecular flexibility index (Phi) is 5.05. The van der Waals surface area contributed by atoms with Crippen molar-refractivity contribution in [3.05, 3.63) is 0 Å². The molecule has 1 rings (SSSR count). The van der Waals surface area contributed by atoms with Crippen LogP contribution in [0.4, 0.5) is 0 Å². The molecule has 0 aromatic heterocycles. The number of piperidine rings is 1. The highest BCUT2D eigenvalue weighted by Crippen LogP contribution is 2.19. The van der Waals surface area contributed by atoms with E-state index in [1.807, 2.05) is 0 Å². The van der Waals surface area contributed by atoms with E-state index in [9.17, 15) is 4.79 Å². The van der Waals surface area contributed by atoms with Gasteiger partial charge in [0.05, 0.1) is 12.5 Å². The Morgan fingerprint density at radius 1 is 1.67 bits per heavy atom. The molecule has 4 heteroatoms. The maximum absolute atomic E-state index is 10.9. The number of carboxylic acid groups (broad SMARTS) is 1. The van der Waals surface area contributed by atoms with E-state index in [2.05, 4.69) is 11.8 Å². The first kappa shape index (κ1) is 12.5. The number of aliphatic carboxylic acids is 1. The van der Waals surface area contributed by atoms with Gasteiger partial charge in [0, 0.05) is 19.7 Å². The van der Waals surface area contributed by atoms with E-state index >= 15 is 0 Å². The quantitative estimate of drug-likeness (QED) is 0.749. The molecule has 4 nitrogen and oxygen atoms in total. The number of hydrogen-bond acceptors (Lipinski definition) is 3. The molecule has 1 fully saturated rings. The summed E-state index contributed by atoms with van der Waals surface area (Å²) in [7, 11) is 1.70. The normalized spacial score (nSPS) is 25.1. The molecule has 1 saturated heterocycles. The third-order valence-electron chi connectivity index (χ3n) is 3.15. The lowest BCUT2D eigenvalue weighted by Crippen LogP contribution is -2.46. The number of carboxylic acids is 1. The molecule has 0 aromatic rings. The Morgan fingerprint density at radius 3 is 2.93 bits per heavy atom. The van der Waals surface area contributed by atoms with Gasteiger partial charge in [-0.15, -0.1) is 0 Å². The Balaban J connectivity index is 2.49. The predicted octanol–water partition coefficient (Wildman–Crippen LogP) is 1.21. The van der Waals surface area contributed by atoms with E-state index in [1.54, 1.807) is 7.11 Å². The minimum absolute atomic E-state index is 0.190. The summed E-state index contributed by atoms with van der Waals surface area (Å²) in [6.45, 7) is 4.50. The van der Waals surface area contributed by atoms with Gasteiger partial charge in [0.2, 0.25) is 0 Å². The molecule has 0 bridgehead atoms. The van der Waals surface area contributed by atoms with Gasteiger partial charge in [-0.1, -0.05) is 6.92 Å². The number of ether oxygens (including phenoxy) is 1. The van der Waals surface area contributed by atoms with Gasteiger partial charge in [-0.25, -0.2) is 0 Å². The highest BCUT2D eigenvalue weighted by molar-refractivity contribution is 5.70. The van der Waals surface area contributed by atoms with Crippen LogP contribution >= 0.6 is 0 Å². The summed E-state index contributed by atoms with van der Waals surface area (Å²) in [6.07, 6.45) is 2.81. The average molecular weight is 215 g/mol. The molecule has 1 aliphatic rings. The Morgan fingerprint density at radius 2 is 2.40 bits per heavy atom. The van der Waals surface area contributed by atoms with Gasteiger partial charge in [-0.05, 0) is 25.8 Å². The smallest absolute Gasteiger partial charge is 0.307 e. The van der Waals surface area contributed by atoms with Gasteiger partial charge in [0.15, 0.2) is 0 Å². The lowest BCUT2D eigenvalue weighted by molar-refractivity contribution is -0.144. The summed E-state index contributed by atoms with van der Waals surface area (Å²) in [6, 6.07) is 0.372. The van der Waals surface area contributed by atoms with Crippen LogP contribution in [0.25, 0.3) is 0 Å². The molecular weight excluding hydrogens is 194 g/mol. The summed E-state index contributed by atoms with van der Waals surface area (Å²) in [4.78, 5) is 13.2. The largest absolute Gasteiger partial charge is 0.481 e. The molecule has 2 atom stereocenters. The second-order valence-electron chi connectivity index (χ2n) is 4.19. The molecule has 0 radical (unpaired) electrons. The fraction of sp³-hybridized carbons (Fsp3) is 0.909. The highest BCUT2D eigenvalue weighted by atomic mass is 16.5. The van der Waals surface area contributed by atoms with Gasteiger partial charge in [0.1, 0.15) is 0 Å². The molecular formula is C11H21NO3. The van der Waals surface area contributed by atoms with E-state index in [1.165, 1.54) is 0 Å². The van der Waals surface area contributed by atoms with Crippen molar-refractivity contribution in [1.82, 2.24) is 4.90 Å². The number of likely N-dealkylation sites (tertiary alicyclic amines) is 1. The van der Waals surface area contributed by atoms with Crippen LogP contribution in [0.1, 0.15) is 26.2 Å². The molecule has 0 aromatic carbocycles. The topological polar surface area (TPSA) is 49.8 Å². The van der Waals surface area contributed by atoms with E-state index < -0.39 is 5.97 Å². The lowest BCUT2D eigenvalue weighted by Gasteiger charge is -2.36. The van der Waals surface area contributed by atoms with Crippen molar-refractivity contribution in [3.63, 3.8) is 0 Å². The molecule has 0 aliphatic carbocycles. The van der Waals surface area contributed by atoms with E-state index in [4.69, 9.17) is 9.84 Å². The molecule has 15 heavy (non-hydrogen) atoms. The first-order valence-electron chi connectivity index (χ1n) is 5.64. The summed E-state index contributed by atoms with van der Waals surface area (Å²) in [5, 5.41) is 8.98. The molecule has 0 saturated carbocycles. The lowest BCUT2D eigenvalue weighted by atomic mass is 9.96. The zero-order chi connectivity index (χ0) is 11.3. The Labute approximate surface area is 91.2 Å². The SMILES string of the molecule is CCC(COC)N1CCCC(C(=O)O)C1. The maximum Gasteiger partial charge on any atom is 0.307 e. The van der Waals surface area contributed by atoms with Gasteiger partial charge >= 0.3 is 5.97 Å². The van der Waals surface area contributed by atoms with Crippen molar-refractivity contribution in [2.24, 2.45) is 5.92 Å². The number of hydrogen-bond donors (Lipinski definition) is 1. The summed E-state index contributed by atoms with van der Waals surface area (Å²) >= 11 is 0. The van der Waals surface area contributed by atoms with Gasteiger partial charge in [-0.3, -0.25) is 9.69 Å². The molecule has 2 unspecified atom stereocenters. The predicted molar refractivity (Wildman–Crippen MR) is 57.9 cm³/mol. The van der Waals surface area contributed by atoms with Crippen LogP contribution in [0.15, 0.2) is 0 Å². The van der Waals surface area contributed by atoms with Crippen LogP contribution < -0.4 is 0 Å². The second-order valence-corrected chi connectivity index (χ2v) is 4.19. The van der Waals surface area contributed by atoms with Crippen LogP contribution in [-0.2, 0) is 9.53 Å². The number of rotatable bonds is 5. The van der Waals surface area contributed by atoms with Crippen molar-refractivity contribution in [2.45, 2.75) is 32.2 Å². The number of methoxy groups -OCH3 is 1. The van der Waals surface area contributed by atoms with Crippen LogP contribution in [0.3, 0.4) is 0 Å². The zero-order valence-electron chi connectivity index (χ0n) is 9.61. The average Bonchev–Trinajstić information content (AvgIpc) is 2.26. The van der Waals surface area contributed by atoms with Gasteiger partial charge < -0.3 is 9.84 Å². The van der Waals surface area contributed by atoms with Gasteiger partial charge in [0.25, 0.3) is 0 Å². The minimum atomic E-state index is -0.660. The zero-order valence-corrected chi connectivity index (χ0v) is 9.61. The minimum Gasteiger partial charge on any atom is -0.481 e. The monoisotopic (exact) mass is 215 g/mol. The summed E-state index contributed by atoms with van der Waals surface area (Å²) in [5.41, 5.74) is 0.